The van der Waals surface area contributed by atoms with Crippen molar-refractivity contribution in [3.05, 3.63) is 42.5 Å². The number of fused-ring (bicyclic) bond motifs is 1. The lowest BCUT2D eigenvalue weighted by atomic mass is 10.1. The number of pyridine rings is 1. The van der Waals surface area contributed by atoms with Crippen LogP contribution >= 0.6 is 0 Å². The molecule has 1 aliphatic heterocycles. The van der Waals surface area contributed by atoms with Gasteiger partial charge in [0.15, 0.2) is 11.6 Å². The number of anilines is 1. The highest BCUT2D eigenvalue weighted by molar-refractivity contribution is 6.45. The fourth-order valence-electron chi connectivity index (χ4n) is 4.21. The molecule has 0 atom stereocenters. The highest BCUT2D eigenvalue weighted by Crippen LogP contribution is 2.32. The second-order valence-corrected chi connectivity index (χ2v) is 8.07. The van der Waals surface area contributed by atoms with E-state index in [2.05, 4.69) is 30.0 Å². The molecule has 4 aromatic heterocycles. The smallest absolute Gasteiger partial charge is 0.295 e. The van der Waals surface area contributed by atoms with Gasteiger partial charge in [0.25, 0.3) is 17.6 Å². The number of ether oxygens (including phenoxy) is 2. The summed E-state index contributed by atoms with van der Waals surface area (Å²) in [6, 6.07) is 0. The summed E-state index contributed by atoms with van der Waals surface area (Å²) in [6.07, 6.45) is 7.72. The van der Waals surface area contributed by atoms with Crippen molar-refractivity contribution in [1.82, 2.24) is 39.6 Å². The summed E-state index contributed by atoms with van der Waals surface area (Å²) < 4.78 is 12.5. The van der Waals surface area contributed by atoms with Gasteiger partial charge in [0.2, 0.25) is 0 Å². The molecular weight excluding hydrogens is 466 g/mol. The third kappa shape index (κ3) is 4.08. The van der Waals surface area contributed by atoms with E-state index in [0.29, 0.717) is 72.8 Å². The van der Waals surface area contributed by atoms with E-state index in [-0.39, 0.29) is 5.56 Å². The van der Waals surface area contributed by atoms with Crippen molar-refractivity contribution in [2.75, 3.05) is 44.8 Å². The van der Waals surface area contributed by atoms with Gasteiger partial charge in [-0.1, -0.05) is 0 Å². The van der Waals surface area contributed by atoms with Crippen molar-refractivity contribution >= 4 is 28.4 Å². The Hall–Kier alpha value is -4.55. The number of aromatic amines is 1. The number of rotatable bonds is 7. The number of aryl methyl sites for hydroxylation is 1. The Morgan fingerprint density at radius 2 is 1.83 bits per heavy atom. The zero-order valence-electron chi connectivity index (χ0n) is 20.1. The molecule has 0 saturated carbocycles. The molecule has 0 aromatic carbocycles. The van der Waals surface area contributed by atoms with Crippen LogP contribution in [0.5, 0.6) is 11.6 Å². The van der Waals surface area contributed by atoms with Crippen molar-refractivity contribution in [2.24, 2.45) is 0 Å². The molecule has 13 heteroatoms. The minimum absolute atomic E-state index is 0.210. The van der Waals surface area contributed by atoms with Gasteiger partial charge in [0, 0.05) is 44.8 Å². The number of nitrogens with zero attached hydrogens (tertiary/aromatic N) is 8. The number of hydrogen-bond acceptors (Lipinski definition) is 10. The van der Waals surface area contributed by atoms with Crippen LogP contribution in [0, 0.1) is 6.92 Å². The second kappa shape index (κ2) is 9.60. The van der Waals surface area contributed by atoms with Gasteiger partial charge >= 0.3 is 0 Å². The number of H-pyrrole nitrogens is 1. The summed E-state index contributed by atoms with van der Waals surface area (Å²) in [7, 11) is 1.49. The molecule has 36 heavy (non-hydrogen) atoms. The largest absolute Gasteiger partial charge is 0.494 e. The van der Waals surface area contributed by atoms with Gasteiger partial charge in [0.05, 0.1) is 36.4 Å². The summed E-state index contributed by atoms with van der Waals surface area (Å²) in [6.45, 7) is 5.83. The van der Waals surface area contributed by atoms with Crippen LogP contribution < -0.4 is 14.4 Å². The number of hydrogen-bond donors (Lipinski definition) is 1. The average molecular weight is 492 g/mol. The fraction of sp³-hybridized carbons (Fsp3) is 0.348. The Morgan fingerprint density at radius 3 is 2.53 bits per heavy atom. The normalized spacial score (nSPS) is 13.8. The lowest BCUT2D eigenvalue weighted by molar-refractivity contribution is -0.126. The molecule has 0 aliphatic carbocycles. The molecule has 0 unspecified atom stereocenters. The van der Waals surface area contributed by atoms with E-state index in [1.54, 1.807) is 24.2 Å². The quantitative estimate of drug-likeness (QED) is 0.295. The van der Waals surface area contributed by atoms with Crippen LogP contribution in [0.1, 0.15) is 23.1 Å². The Kier molecular flexibility index (Phi) is 6.19. The molecule has 1 N–H and O–H groups in total. The molecule has 1 aliphatic rings. The molecule has 186 valence electrons. The first kappa shape index (κ1) is 23.2. The SMILES string of the molecule is CCOc1nccnc1N1CCN(C(=O)C(=O)c2c[nH]c3c(-n4cnc(C)n4)ncc(OC)c23)CC1. The van der Waals surface area contributed by atoms with E-state index in [1.807, 2.05) is 11.8 Å². The van der Waals surface area contributed by atoms with Crippen LogP contribution in [0.3, 0.4) is 0 Å². The number of aromatic nitrogens is 7. The van der Waals surface area contributed by atoms with E-state index in [4.69, 9.17) is 9.47 Å². The molecule has 5 heterocycles. The monoisotopic (exact) mass is 491 g/mol. The van der Waals surface area contributed by atoms with Gasteiger partial charge in [-0.3, -0.25) is 9.59 Å². The van der Waals surface area contributed by atoms with Gasteiger partial charge in [0.1, 0.15) is 17.9 Å². The Labute approximate surface area is 206 Å². The third-order valence-electron chi connectivity index (χ3n) is 5.93. The third-order valence-corrected chi connectivity index (χ3v) is 5.93. The van der Waals surface area contributed by atoms with Gasteiger partial charge in [-0.2, -0.15) is 5.10 Å². The van der Waals surface area contributed by atoms with Crippen molar-refractivity contribution < 1.29 is 19.1 Å². The lowest BCUT2D eigenvalue weighted by Crippen LogP contribution is -2.51. The number of Topliss-reactive ketones (excluding diaryl/α,β-unsaturated/α-hetero) is 1. The van der Waals surface area contributed by atoms with Crippen molar-refractivity contribution in [3.8, 4) is 17.4 Å². The number of piperazine rings is 1. The number of amides is 1. The maximum absolute atomic E-state index is 13.4. The van der Waals surface area contributed by atoms with Crippen molar-refractivity contribution in [2.45, 2.75) is 13.8 Å². The lowest BCUT2D eigenvalue weighted by Gasteiger charge is -2.35. The minimum atomic E-state index is -0.630. The number of carbonyl (C=O) groups is 2. The van der Waals surface area contributed by atoms with Gasteiger partial charge in [-0.25, -0.2) is 24.6 Å². The minimum Gasteiger partial charge on any atom is -0.494 e. The highest BCUT2D eigenvalue weighted by Gasteiger charge is 2.31. The molecule has 0 bridgehead atoms. The summed E-state index contributed by atoms with van der Waals surface area (Å²) in [5.74, 6) is 1.26. The highest BCUT2D eigenvalue weighted by atomic mass is 16.5. The molecule has 0 radical (unpaired) electrons. The average Bonchev–Trinajstić information content (AvgIpc) is 3.55. The van der Waals surface area contributed by atoms with E-state index in [1.165, 1.54) is 30.5 Å². The molecule has 0 spiro atoms. The van der Waals surface area contributed by atoms with Crippen LogP contribution in [0.4, 0.5) is 5.82 Å². The maximum atomic E-state index is 13.4. The summed E-state index contributed by atoms with van der Waals surface area (Å²) in [4.78, 5) is 50.3. The predicted octanol–water partition coefficient (Wildman–Crippen LogP) is 1.18. The molecule has 1 saturated heterocycles. The number of methoxy groups -OCH3 is 1. The predicted molar refractivity (Wildman–Crippen MR) is 129 cm³/mol. The topological polar surface area (TPSA) is 144 Å². The Bertz CT molecular complexity index is 1420. The number of ketones is 1. The summed E-state index contributed by atoms with van der Waals surface area (Å²) >= 11 is 0. The number of nitrogens with one attached hydrogen (secondary N) is 1. The van der Waals surface area contributed by atoms with Crippen molar-refractivity contribution in [1.29, 1.82) is 0 Å². The van der Waals surface area contributed by atoms with Crippen LogP contribution in [-0.4, -0.2) is 91.2 Å². The first-order valence-corrected chi connectivity index (χ1v) is 11.5. The summed E-state index contributed by atoms with van der Waals surface area (Å²) in [5.41, 5.74) is 0.730. The van der Waals surface area contributed by atoms with Crippen molar-refractivity contribution in [3.63, 3.8) is 0 Å². The molecule has 1 amide bonds. The van der Waals surface area contributed by atoms with Crippen LogP contribution in [0.25, 0.3) is 16.7 Å². The second-order valence-electron chi connectivity index (χ2n) is 8.07. The van der Waals surface area contributed by atoms with E-state index in [9.17, 15) is 9.59 Å². The summed E-state index contributed by atoms with van der Waals surface area (Å²) in [5, 5.41) is 4.76. The molecule has 1 fully saturated rings. The molecule has 13 nitrogen and oxygen atoms in total. The molecule has 5 rings (SSSR count). The van der Waals surface area contributed by atoms with Crippen LogP contribution in [0.2, 0.25) is 0 Å². The van der Waals surface area contributed by atoms with Gasteiger partial charge in [-0.15, -0.1) is 0 Å². The first-order valence-electron chi connectivity index (χ1n) is 11.5. The zero-order valence-corrected chi connectivity index (χ0v) is 20.1. The maximum Gasteiger partial charge on any atom is 0.295 e. The van der Waals surface area contributed by atoms with E-state index >= 15 is 0 Å². The van der Waals surface area contributed by atoms with Crippen LogP contribution in [-0.2, 0) is 4.79 Å². The van der Waals surface area contributed by atoms with Gasteiger partial charge in [-0.05, 0) is 13.8 Å². The molecule has 4 aromatic rings. The van der Waals surface area contributed by atoms with Crippen LogP contribution in [0.15, 0.2) is 31.1 Å². The Morgan fingerprint density at radius 1 is 1.06 bits per heavy atom. The molecular formula is C23H25N9O4. The fourth-order valence-corrected chi connectivity index (χ4v) is 4.21. The van der Waals surface area contributed by atoms with E-state index in [0.717, 1.165) is 0 Å². The standard InChI is InChI=1S/C23H25N9O4/c1-4-36-22-21(24-5-6-25-22)30-7-9-31(10-8-30)23(34)19(33)15-11-26-18-17(15)16(35-3)12-27-20(18)32-13-28-14(2)29-32/h5-6,11-13,26H,4,7-10H2,1-3H3. The zero-order chi connectivity index (χ0) is 25.2. The first-order chi connectivity index (χ1) is 17.5. The Balaban J connectivity index is 1.37. The van der Waals surface area contributed by atoms with E-state index < -0.39 is 11.7 Å². The van der Waals surface area contributed by atoms with Gasteiger partial charge < -0.3 is 24.3 Å². The number of carbonyl (C=O) groups excluding carboxylic acids is 2.